The van der Waals surface area contributed by atoms with Crippen LogP contribution < -0.4 is 4.74 Å². The second-order valence-corrected chi connectivity index (χ2v) is 6.45. The standard InChI is InChI=1S/C17H19NO3S/c1-4-21-16-11-9-15(10-12-16)14(3)18-22(19,20)17-8-6-5-7-13(17)2/h5-12H,4H2,1-3H3/b18-14+. The minimum Gasteiger partial charge on any atom is -0.494 e. The number of hydrogen-bond donors (Lipinski definition) is 0. The van der Waals surface area contributed by atoms with Crippen LogP contribution in [0.4, 0.5) is 0 Å². The van der Waals surface area contributed by atoms with E-state index < -0.39 is 10.0 Å². The van der Waals surface area contributed by atoms with Crippen LogP contribution in [0, 0.1) is 6.92 Å². The number of hydrogen-bond acceptors (Lipinski definition) is 3. The number of sulfonamides is 1. The van der Waals surface area contributed by atoms with Gasteiger partial charge < -0.3 is 4.74 Å². The number of rotatable bonds is 5. The van der Waals surface area contributed by atoms with Gasteiger partial charge in [-0.1, -0.05) is 18.2 Å². The second-order valence-electron chi connectivity index (χ2n) is 4.87. The highest BCUT2D eigenvalue weighted by Gasteiger charge is 2.15. The zero-order chi connectivity index (χ0) is 16.2. The predicted molar refractivity (Wildman–Crippen MR) is 88.2 cm³/mol. The molecule has 0 spiro atoms. The third-order valence-corrected chi connectivity index (χ3v) is 4.74. The zero-order valence-corrected chi connectivity index (χ0v) is 13.7. The van der Waals surface area contributed by atoms with Crippen molar-refractivity contribution >= 4 is 15.7 Å². The summed E-state index contributed by atoms with van der Waals surface area (Å²) in [5.74, 6) is 0.751. The Bertz CT molecular complexity index is 778. The normalized spacial score (nSPS) is 12.2. The molecule has 0 saturated heterocycles. The second kappa shape index (κ2) is 6.75. The van der Waals surface area contributed by atoms with E-state index in [9.17, 15) is 8.42 Å². The lowest BCUT2D eigenvalue weighted by molar-refractivity contribution is 0.340. The largest absolute Gasteiger partial charge is 0.494 e. The quantitative estimate of drug-likeness (QED) is 0.792. The first-order valence-corrected chi connectivity index (χ1v) is 8.48. The smallest absolute Gasteiger partial charge is 0.282 e. The van der Waals surface area contributed by atoms with Crippen molar-refractivity contribution in [2.45, 2.75) is 25.7 Å². The number of aryl methyl sites for hydroxylation is 1. The fourth-order valence-corrected chi connectivity index (χ4v) is 3.38. The summed E-state index contributed by atoms with van der Waals surface area (Å²) in [5.41, 5.74) is 1.89. The number of benzene rings is 2. The molecular weight excluding hydrogens is 298 g/mol. The van der Waals surface area contributed by atoms with Gasteiger partial charge in [0, 0.05) is 0 Å². The molecule has 0 N–H and O–H groups in total. The fraction of sp³-hybridized carbons (Fsp3) is 0.235. The maximum absolute atomic E-state index is 12.4. The molecule has 0 aliphatic rings. The van der Waals surface area contributed by atoms with Crippen LogP contribution in [0.25, 0.3) is 0 Å². The van der Waals surface area contributed by atoms with Crippen LogP contribution >= 0.6 is 0 Å². The lowest BCUT2D eigenvalue weighted by Gasteiger charge is -2.06. The van der Waals surface area contributed by atoms with Gasteiger partial charge in [0.15, 0.2) is 0 Å². The Labute approximate surface area is 131 Å². The maximum atomic E-state index is 12.4. The zero-order valence-electron chi connectivity index (χ0n) is 12.9. The van der Waals surface area contributed by atoms with Gasteiger partial charge in [0.2, 0.25) is 0 Å². The SMILES string of the molecule is CCOc1ccc(/C(C)=N/S(=O)(=O)c2ccccc2C)cc1. The van der Waals surface area contributed by atoms with Crippen LogP contribution in [-0.2, 0) is 10.0 Å². The Hall–Kier alpha value is -2.14. The van der Waals surface area contributed by atoms with E-state index in [0.29, 0.717) is 17.9 Å². The van der Waals surface area contributed by atoms with Crippen molar-refractivity contribution in [3.8, 4) is 5.75 Å². The van der Waals surface area contributed by atoms with Gasteiger partial charge >= 0.3 is 0 Å². The monoisotopic (exact) mass is 317 g/mol. The fourth-order valence-electron chi connectivity index (χ4n) is 2.09. The summed E-state index contributed by atoms with van der Waals surface area (Å²) in [6, 6.07) is 14.0. The van der Waals surface area contributed by atoms with Crippen molar-refractivity contribution in [2.75, 3.05) is 6.61 Å². The maximum Gasteiger partial charge on any atom is 0.282 e. The van der Waals surface area contributed by atoms with Gasteiger partial charge in [-0.15, -0.1) is 0 Å². The molecule has 0 unspecified atom stereocenters. The molecule has 0 atom stereocenters. The van der Waals surface area contributed by atoms with Crippen molar-refractivity contribution < 1.29 is 13.2 Å². The number of nitrogens with zero attached hydrogens (tertiary/aromatic N) is 1. The van der Waals surface area contributed by atoms with E-state index in [1.165, 1.54) is 0 Å². The Balaban J connectivity index is 2.33. The molecule has 2 aromatic carbocycles. The minimum atomic E-state index is -3.70. The highest BCUT2D eigenvalue weighted by molar-refractivity contribution is 7.90. The van der Waals surface area contributed by atoms with E-state index in [4.69, 9.17) is 4.74 Å². The van der Waals surface area contributed by atoms with Gasteiger partial charge in [0.05, 0.1) is 17.2 Å². The summed E-state index contributed by atoms with van der Waals surface area (Å²) in [7, 11) is -3.70. The summed E-state index contributed by atoms with van der Waals surface area (Å²) in [6.07, 6.45) is 0. The summed E-state index contributed by atoms with van der Waals surface area (Å²) >= 11 is 0. The van der Waals surface area contributed by atoms with E-state index in [2.05, 4.69) is 4.40 Å². The van der Waals surface area contributed by atoms with Crippen molar-refractivity contribution in [3.63, 3.8) is 0 Å². The third-order valence-electron chi connectivity index (χ3n) is 3.21. The summed E-state index contributed by atoms with van der Waals surface area (Å²) in [5, 5.41) is 0. The molecule has 0 saturated carbocycles. The summed E-state index contributed by atoms with van der Waals surface area (Å²) in [4.78, 5) is 0.236. The highest BCUT2D eigenvalue weighted by atomic mass is 32.2. The average molecular weight is 317 g/mol. The van der Waals surface area contributed by atoms with E-state index in [0.717, 1.165) is 11.3 Å². The van der Waals surface area contributed by atoms with E-state index in [1.54, 1.807) is 62.4 Å². The minimum absolute atomic E-state index is 0.236. The van der Waals surface area contributed by atoms with Gasteiger partial charge in [-0.2, -0.15) is 12.8 Å². The highest BCUT2D eigenvalue weighted by Crippen LogP contribution is 2.19. The van der Waals surface area contributed by atoms with Crippen LogP contribution in [0.1, 0.15) is 25.0 Å². The first-order chi connectivity index (χ1) is 10.4. The average Bonchev–Trinajstić information content (AvgIpc) is 2.48. The Morgan fingerprint density at radius 2 is 1.73 bits per heavy atom. The molecule has 0 aromatic heterocycles. The first-order valence-electron chi connectivity index (χ1n) is 7.04. The summed E-state index contributed by atoms with van der Waals surface area (Å²) in [6.45, 7) is 5.95. The van der Waals surface area contributed by atoms with E-state index in [1.807, 2.05) is 6.92 Å². The van der Waals surface area contributed by atoms with Crippen LogP contribution in [0.5, 0.6) is 5.75 Å². The number of ether oxygens (including phenoxy) is 1. The molecule has 22 heavy (non-hydrogen) atoms. The molecule has 2 rings (SSSR count). The van der Waals surface area contributed by atoms with Crippen molar-refractivity contribution in [1.29, 1.82) is 0 Å². The van der Waals surface area contributed by atoms with Gasteiger partial charge in [0.25, 0.3) is 10.0 Å². The molecule has 0 heterocycles. The summed E-state index contributed by atoms with van der Waals surface area (Å²) < 4.78 is 34.1. The molecular formula is C17H19NO3S. The predicted octanol–water partition coefficient (Wildman–Crippen LogP) is 3.59. The molecule has 5 heteroatoms. The van der Waals surface area contributed by atoms with Gasteiger partial charge in [0.1, 0.15) is 5.75 Å². The van der Waals surface area contributed by atoms with Crippen LogP contribution in [0.3, 0.4) is 0 Å². The van der Waals surface area contributed by atoms with Gasteiger partial charge in [-0.25, -0.2) is 0 Å². The molecule has 0 aliphatic carbocycles. The Kier molecular flexibility index (Phi) is 4.98. The van der Waals surface area contributed by atoms with E-state index in [-0.39, 0.29) is 4.90 Å². The van der Waals surface area contributed by atoms with Crippen LogP contribution in [-0.4, -0.2) is 20.7 Å². The van der Waals surface area contributed by atoms with Crippen LogP contribution in [0.2, 0.25) is 0 Å². The molecule has 116 valence electrons. The molecule has 0 amide bonds. The molecule has 0 fully saturated rings. The lowest BCUT2D eigenvalue weighted by atomic mass is 10.1. The molecule has 2 aromatic rings. The molecule has 4 nitrogen and oxygen atoms in total. The Morgan fingerprint density at radius 3 is 2.32 bits per heavy atom. The van der Waals surface area contributed by atoms with Crippen molar-refractivity contribution in [2.24, 2.45) is 4.40 Å². The Morgan fingerprint density at radius 1 is 1.09 bits per heavy atom. The molecule has 0 radical (unpaired) electrons. The van der Waals surface area contributed by atoms with E-state index >= 15 is 0 Å². The molecule has 0 bridgehead atoms. The topological polar surface area (TPSA) is 55.7 Å². The van der Waals surface area contributed by atoms with Crippen molar-refractivity contribution in [1.82, 2.24) is 0 Å². The molecule has 0 aliphatic heterocycles. The van der Waals surface area contributed by atoms with Crippen molar-refractivity contribution in [3.05, 3.63) is 59.7 Å². The van der Waals surface area contributed by atoms with Gasteiger partial charge in [-0.05, 0) is 62.2 Å². The third kappa shape index (κ3) is 3.74. The lowest BCUT2D eigenvalue weighted by Crippen LogP contribution is -2.04. The first kappa shape index (κ1) is 16.2. The van der Waals surface area contributed by atoms with Gasteiger partial charge in [-0.3, -0.25) is 0 Å². The van der Waals surface area contributed by atoms with Crippen LogP contribution in [0.15, 0.2) is 57.8 Å².